The second-order valence-corrected chi connectivity index (χ2v) is 8.17. The molecule has 24 heavy (non-hydrogen) atoms. The minimum absolute atomic E-state index is 0.000156. The fourth-order valence-electron chi connectivity index (χ4n) is 4.13. The lowest BCUT2D eigenvalue weighted by atomic mass is 9.65. The Hall–Kier alpha value is -1.26. The zero-order valence-electron chi connectivity index (χ0n) is 15.5. The van der Waals surface area contributed by atoms with E-state index in [1.54, 1.807) is 0 Å². The normalized spacial score (nSPS) is 25.2. The third kappa shape index (κ3) is 3.86. The van der Waals surface area contributed by atoms with Crippen LogP contribution in [0.1, 0.15) is 52.5 Å². The van der Waals surface area contributed by atoms with Crippen LogP contribution < -0.4 is 14.8 Å². The predicted octanol–water partition coefficient (Wildman–Crippen LogP) is 4.13. The summed E-state index contributed by atoms with van der Waals surface area (Å²) >= 11 is 0. The fourth-order valence-corrected chi connectivity index (χ4v) is 4.13. The highest BCUT2D eigenvalue weighted by molar-refractivity contribution is 5.44. The lowest BCUT2D eigenvalue weighted by molar-refractivity contribution is -0.121. The maximum atomic E-state index is 5.94. The first-order valence-electron chi connectivity index (χ1n) is 9.13. The van der Waals surface area contributed by atoms with E-state index >= 15 is 0 Å². The second kappa shape index (κ2) is 6.93. The summed E-state index contributed by atoms with van der Waals surface area (Å²) in [5.74, 6) is 2.38. The van der Waals surface area contributed by atoms with Gasteiger partial charge >= 0.3 is 0 Å². The highest BCUT2D eigenvalue weighted by Gasteiger charge is 2.42. The number of fused-ring (bicyclic) bond motifs is 1. The first-order valence-corrected chi connectivity index (χ1v) is 9.13. The molecule has 134 valence electrons. The van der Waals surface area contributed by atoms with Crippen LogP contribution in [-0.2, 0) is 11.3 Å². The Bertz CT molecular complexity index is 570. The van der Waals surface area contributed by atoms with Crippen molar-refractivity contribution in [2.75, 3.05) is 19.9 Å². The highest BCUT2D eigenvalue weighted by Crippen LogP contribution is 2.46. The smallest absolute Gasteiger partial charge is 0.231 e. The lowest BCUT2D eigenvalue weighted by Gasteiger charge is -2.48. The summed E-state index contributed by atoms with van der Waals surface area (Å²) in [4.78, 5) is 0. The van der Waals surface area contributed by atoms with Crippen LogP contribution in [0.5, 0.6) is 11.5 Å². The first-order chi connectivity index (χ1) is 11.4. The molecule has 1 aromatic rings. The summed E-state index contributed by atoms with van der Waals surface area (Å²) in [6.45, 7) is 12.3. The molecule has 0 radical (unpaired) electrons. The van der Waals surface area contributed by atoms with E-state index in [9.17, 15) is 0 Å². The van der Waals surface area contributed by atoms with E-state index < -0.39 is 0 Å². The first kappa shape index (κ1) is 17.6. The lowest BCUT2D eigenvalue weighted by Crippen LogP contribution is -2.45. The van der Waals surface area contributed by atoms with Crippen LogP contribution >= 0.6 is 0 Å². The molecule has 0 aliphatic carbocycles. The van der Waals surface area contributed by atoms with Gasteiger partial charge in [0.2, 0.25) is 6.79 Å². The third-order valence-corrected chi connectivity index (χ3v) is 5.66. The van der Waals surface area contributed by atoms with E-state index in [0.717, 1.165) is 37.6 Å². The minimum atomic E-state index is -0.000156. The van der Waals surface area contributed by atoms with E-state index in [2.05, 4.69) is 45.1 Å². The van der Waals surface area contributed by atoms with Gasteiger partial charge in [0.1, 0.15) is 0 Å². The van der Waals surface area contributed by atoms with Crippen LogP contribution in [0.2, 0.25) is 0 Å². The van der Waals surface area contributed by atoms with E-state index in [1.807, 2.05) is 6.07 Å². The van der Waals surface area contributed by atoms with Crippen LogP contribution in [-0.4, -0.2) is 25.5 Å². The van der Waals surface area contributed by atoms with Crippen molar-refractivity contribution >= 4 is 0 Å². The van der Waals surface area contributed by atoms with Gasteiger partial charge in [-0.1, -0.05) is 19.9 Å². The van der Waals surface area contributed by atoms with Crippen LogP contribution in [0, 0.1) is 11.3 Å². The Labute approximate surface area is 145 Å². The SMILES string of the molecule is CC(C)[C@]1(CCNCc2ccc3c(c2)OCO3)CCOC(C)(C)C1. The van der Waals surface area contributed by atoms with Gasteiger partial charge in [0.25, 0.3) is 0 Å². The molecule has 4 heteroatoms. The average Bonchev–Trinajstić information content (AvgIpc) is 2.98. The number of hydrogen-bond acceptors (Lipinski definition) is 4. The van der Waals surface area contributed by atoms with Gasteiger partial charge in [-0.3, -0.25) is 0 Å². The topological polar surface area (TPSA) is 39.7 Å². The average molecular weight is 333 g/mol. The van der Waals surface area contributed by atoms with E-state index in [1.165, 1.54) is 18.4 Å². The molecule has 2 aliphatic rings. The van der Waals surface area contributed by atoms with Gasteiger partial charge in [-0.05, 0) is 68.7 Å². The number of ether oxygens (including phenoxy) is 3. The molecule has 0 unspecified atom stereocenters. The Balaban J connectivity index is 1.52. The second-order valence-electron chi connectivity index (χ2n) is 8.17. The van der Waals surface area contributed by atoms with Crippen molar-refractivity contribution in [3.8, 4) is 11.5 Å². The van der Waals surface area contributed by atoms with Gasteiger partial charge in [0, 0.05) is 13.2 Å². The monoisotopic (exact) mass is 333 g/mol. The molecule has 3 rings (SSSR count). The number of nitrogens with one attached hydrogen (secondary N) is 1. The van der Waals surface area contributed by atoms with Crippen LogP contribution in [0.15, 0.2) is 18.2 Å². The van der Waals surface area contributed by atoms with Crippen LogP contribution in [0.25, 0.3) is 0 Å². The standard InChI is InChI=1S/C20H31NO3/c1-15(2)20(8-10-24-19(3,4)13-20)7-9-21-12-16-5-6-17-18(11-16)23-14-22-17/h5-6,11,15,21H,7-10,12-14H2,1-4H3/t20-/m1/s1. The Morgan fingerprint density at radius 1 is 1.17 bits per heavy atom. The summed E-state index contributed by atoms with van der Waals surface area (Å²) in [5.41, 5.74) is 1.62. The molecule has 1 N–H and O–H groups in total. The van der Waals surface area contributed by atoms with Gasteiger partial charge in [0.15, 0.2) is 11.5 Å². The molecule has 2 aliphatic heterocycles. The van der Waals surface area contributed by atoms with E-state index in [0.29, 0.717) is 18.1 Å². The maximum absolute atomic E-state index is 5.94. The van der Waals surface area contributed by atoms with Crippen molar-refractivity contribution < 1.29 is 14.2 Å². The van der Waals surface area contributed by atoms with Crippen molar-refractivity contribution in [2.45, 2.75) is 59.1 Å². The number of rotatable bonds is 6. The molecule has 0 saturated carbocycles. The van der Waals surface area contributed by atoms with Crippen molar-refractivity contribution in [3.63, 3.8) is 0 Å². The van der Waals surface area contributed by atoms with Gasteiger partial charge in [-0.25, -0.2) is 0 Å². The molecule has 1 atom stereocenters. The zero-order chi connectivity index (χ0) is 17.2. The van der Waals surface area contributed by atoms with Crippen molar-refractivity contribution in [3.05, 3.63) is 23.8 Å². The number of hydrogen-bond donors (Lipinski definition) is 1. The Kier molecular flexibility index (Phi) is 5.07. The summed E-state index contributed by atoms with van der Waals surface area (Å²) < 4.78 is 16.8. The predicted molar refractivity (Wildman–Crippen MR) is 95.4 cm³/mol. The maximum Gasteiger partial charge on any atom is 0.231 e. The van der Waals surface area contributed by atoms with E-state index in [-0.39, 0.29) is 5.60 Å². The molecule has 1 fully saturated rings. The van der Waals surface area contributed by atoms with Gasteiger partial charge < -0.3 is 19.5 Å². The van der Waals surface area contributed by atoms with Gasteiger partial charge in [0.05, 0.1) is 5.60 Å². The Morgan fingerprint density at radius 2 is 1.96 bits per heavy atom. The quantitative estimate of drug-likeness (QED) is 0.795. The van der Waals surface area contributed by atoms with Crippen molar-refractivity contribution in [1.82, 2.24) is 5.32 Å². The highest BCUT2D eigenvalue weighted by atomic mass is 16.7. The van der Waals surface area contributed by atoms with Crippen LogP contribution in [0.4, 0.5) is 0 Å². The molecule has 0 spiro atoms. The van der Waals surface area contributed by atoms with E-state index in [4.69, 9.17) is 14.2 Å². The zero-order valence-corrected chi connectivity index (χ0v) is 15.5. The molecule has 0 amide bonds. The molecule has 4 nitrogen and oxygen atoms in total. The summed E-state index contributed by atoms with van der Waals surface area (Å²) in [7, 11) is 0. The molecule has 2 heterocycles. The molecule has 1 saturated heterocycles. The Morgan fingerprint density at radius 3 is 2.71 bits per heavy atom. The molecule has 0 bridgehead atoms. The third-order valence-electron chi connectivity index (χ3n) is 5.66. The van der Waals surface area contributed by atoms with Crippen LogP contribution in [0.3, 0.4) is 0 Å². The minimum Gasteiger partial charge on any atom is -0.454 e. The largest absolute Gasteiger partial charge is 0.454 e. The van der Waals surface area contributed by atoms with Crippen molar-refractivity contribution in [2.24, 2.45) is 11.3 Å². The van der Waals surface area contributed by atoms with Crippen molar-refractivity contribution in [1.29, 1.82) is 0 Å². The number of benzene rings is 1. The summed E-state index contributed by atoms with van der Waals surface area (Å²) in [5, 5.41) is 3.61. The fraction of sp³-hybridized carbons (Fsp3) is 0.700. The summed E-state index contributed by atoms with van der Waals surface area (Å²) in [6, 6.07) is 6.18. The molecular formula is C20H31NO3. The molecular weight excluding hydrogens is 302 g/mol. The molecule has 0 aromatic heterocycles. The van der Waals surface area contributed by atoms with Gasteiger partial charge in [-0.15, -0.1) is 0 Å². The summed E-state index contributed by atoms with van der Waals surface area (Å²) in [6.07, 6.45) is 3.51. The molecule has 1 aromatic carbocycles. The van der Waals surface area contributed by atoms with Gasteiger partial charge in [-0.2, -0.15) is 0 Å².